The summed E-state index contributed by atoms with van der Waals surface area (Å²) in [6.07, 6.45) is 1.21. The molecule has 1 N–H and O–H groups in total. The standard InChI is InChI=1S/C13H15N3O3/c1-13(2,3)9-4-6-10(7-5-9)19-16-8-11(12(17)18)14-15-16/h4-8H,1-3H3,(H,17,18). The molecule has 0 aliphatic heterocycles. The number of carboxylic acids is 1. The fraction of sp³-hybridized carbons (Fsp3) is 0.308. The van der Waals surface area contributed by atoms with Gasteiger partial charge in [0.2, 0.25) is 0 Å². The minimum Gasteiger partial charge on any atom is -0.476 e. The van der Waals surface area contributed by atoms with Crippen LogP contribution >= 0.6 is 0 Å². The summed E-state index contributed by atoms with van der Waals surface area (Å²) in [6, 6.07) is 7.54. The van der Waals surface area contributed by atoms with Gasteiger partial charge in [0.25, 0.3) is 0 Å². The van der Waals surface area contributed by atoms with Crippen molar-refractivity contribution < 1.29 is 14.7 Å². The Morgan fingerprint density at radius 2 is 1.89 bits per heavy atom. The van der Waals surface area contributed by atoms with Gasteiger partial charge in [-0.3, -0.25) is 0 Å². The van der Waals surface area contributed by atoms with Crippen molar-refractivity contribution in [2.45, 2.75) is 26.2 Å². The molecule has 1 aromatic carbocycles. The van der Waals surface area contributed by atoms with Crippen molar-refractivity contribution in [1.82, 2.24) is 15.2 Å². The van der Waals surface area contributed by atoms with Gasteiger partial charge in [-0.25, -0.2) is 4.79 Å². The zero-order chi connectivity index (χ0) is 14.0. The molecule has 0 spiro atoms. The van der Waals surface area contributed by atoms with Gasteiger partial charge in [-0.05, 0) is 28.3 Å². The van der Waals surface area contributed by atoms with E-state index in [4.69, 9.17) is 9.94 Å². The summed E-state index contributed by atoms with van der Waals surface area (Å²) in [5.74, 6) is -0.576. The first-order chi connectivity index (χ1) is 8.86. The maximum atomic E-state index is 10.7. The van der Waals surface area contributed by atoms with Crippen LogP contribution in [0, 0.1) is 0 Å². The second-order valence-electron chi connectivity index (χ2n) is 5.18. The predicted molar refractivity (Wildman–Crippen MR) is 68.1 cm³/mol. The molecular formula is C13H15N3O3. The molecule has 0 saturated carbocycles. The number of aromatic nitrogens is 3. The fourth-order valence-electron chi connectivity index (χ4n) is 1.51. The molecule has 0 radical (unpaired) electrons. The van der Waals surface area contributed by atoms with Crippen LogP contribution in [0.25, 0.3) is 0 Å². The van der Waals surface area contributed by atoms with E-state index in [-0.39, 0.29) is 11.1 Å². The Morgan fingerprint density at radius 1 is 1.26 bits per heavy atom. The second-order valence-corrected chi connectivity index (χ2v) is 5.18. The summed E-state index contributed by atoms with van der Waals surface area (Å²) in [5, 5.41) is 15.7. The van der Waals surface area contributed by atoms with Crippen LogP contribution in [0.15, 0.2) is 30.5 Å². The molecule has 2 aromatic rings. The molecular weight excluding hydrogens is 246 g/mol. The van der Waals surface area contributed by atoms with Crippen LogP contribution < -0.4 is 4.84 Å². The fourth-order valence-corrected chi connectivity index (χ4v) is 1.51. The van der Waals surface area contributed by atoms with Crippen LogP contribution in [-0.2, 0) is 5.41 Å². The van der Waals surface area contributed by atoms with Crippen LogP contribution in [0.1, 0.15) is 36.8 Å². The van der Waals surface area contributed by atoms with Gasteiger partial charge in [0.1, 0.15) is 6.20 Å². The highest BCUT2D eigenvalue weighted by molar-refractivity contribution is 5.84. The molecule has 0 unspecified atom stereocenters. The van der Waals surface area contributed by atoms with Gasteiger partial charge < -0.3 is 9.94 Å². The van der Waals surface area contributed by atoms with Crippen molar-refractivity contribution in [3.63, 3.8) is 0 Å². The number of carbonyl (C=O) groups is 1. The zero-order valence-electron chi connectivity index (χ0n) is 11.0. The summed E-state index contributed by atoms with van der Waals surface area (Å²) in [6.45, 7) is 6.37. The van der Waals surface area contributed by atoms with Gasteiger partial charge in [0, 0.05) is 0 Å². The minimum absolute atomic E-state index is 0.0717. The lowest BCUT2D eigenvalue weighted by molar-refractivity contribution is 0.0690. The number of carboxylic acid groups (broad SMARTS) is 1. The van der Waals surface area contributed by atoms with E-state index >= 15 is 0 Å². The number of hydrogen-bond acceptors (Lipinski definition) is 4. The Bertz CT molecular complexity index is 582. The predicted octanol–water partition coefficient (Wildman–Crippen LogP) is 2.12. The highest BCUT2D eigenvalue weighted by Gasteiger charge is 2.13. The van der Waals surface area contributed by atoms with Crippen molar-refractivity contribution >= 4 is 5.97 Å². The molecule has 6 nitrogen and oxygen atoms in total. The van der Waals surface area contributed by atoms with Crippen LogP contribution in [0.5, 0.6) is 5.75 Å². The zero-order valence-corrected chi connectivity index (χ0v) is 11.0. The third-order valence-corrected chi connectivity index (χ3v) is 2.61. The van der Waals surface area contributed by atoms with Gasteiger partial charge in [0.15, 0.2) is 11.4 Å². The van der Waals surface area contributed by atoms with E-state index in [0.717, 1.165) is 4.85 Å². The highest BCUT2D eigenvalue weighted by atomic mass is 16.7. The van der Waals surface area contributed by atoms with Crippen molar-refractivity contribution in [2.24, 2.45) is 0 Å². The molecule has 2 rings (SSSR count). The van der Waals surface area contributed by atoms with Crippen LogP contribution in [0.4, 0.5) is 0 Å². The molecule has 19 heavy (non-hydrogen) atoms. The van der Waals surface area contributed by atoms with Crippen LogP contribution in [-0.4, -0.2) is 26.2 Å². The van der Waals surface area contributed by atoms with Crippen LogP contribution in [0.3, 0.4) is 0 Å². The average molecular weight is 261 g/mol. The van der Waals surface area contributed by atoms with Crippen molar-refractivity contribution in [3.05, 3.63) is 41.7 Å². The summed E-state index contributed by atoms with van der Waals surface area (Å²) >= 11 is 0. The number of aromatic carboxylic acids is 1. The quantitative estimate of drug-likeness (QED) is 0.915. The molecule has 0 amide bonds. The lowest BCUT2D eigenvalue weighted by Crippen LogP contribution is -2.11. The SMILES string of the molecule is CC(C)(C)c1ccc(On2cc(C(=O)O)nn2)cc1. The van der Waals surface area contributed by atoms with Crippen molar-refractivity contribution in [2.75, 3.05) is 0 Å². The second kappa shape index (κ2) is 4.72. The third kappa shape index (κ3) is 3.09. The minimum atomic E-state index is -1.14. The summed E-state index contributed by atoms with van der Waals surface area (Å²) in [5.41, 5.74) is 1.10. The average Bonchev–Trinajstić information content (AvgIpc) is 2.77. The Morgan fingerprint density at radius 3 is 2.37 bits per heavy atom. The maximum absolute atomic E-state index is 10.7. The van der Waals surface area contributed by atoms with Gasteiger partial charge in [0.05, 0.1) is 0 Å². The van der Waals surface area contributed by atoms with E-state index in [1.807, 2.05) is 24.3 Å². The third-order valence-electron chi connectivity index (χ3n) is 2.61. The molecule has 0 atom stereocenters. The largest absolute Gasteiger partial charge is 0.476 e. The number of nitrogens with zero attached hydrogens (tertiary/aromatic N) is 3. The Kier molecular flexibility index (Phi) is 3.25. The molecule has 6 heteroatoms. The lowest BCUT2D eigenvalue weighted by Gasteiger charge is -2.18. The molecule has 100 valence electrons. The first-order valence-electron chi connectivity index (χ1n) is 5.81. The van der Waals surface area contributed by atoms with E-state index in [1.54, 1.807) is 0 Å². The highest BCUT2D eigenvalue weighted by Crippen LogP contribution is 2.24. The molecule has 0 aliphatic rings. The Labute approximate surface area is 110 Å². The number of rotatable bonds is 3. The molecule has 0 saturated heterocycles. The van der Waals surface area contributed by atoms with E-state index in [2.05, 4.69) is 31.1 Å². The summed E-state index contributed by atoms with van der Waals surface area (Å²) < 4.78 is 0. The van der Waals surface area contributed by atoms with Gasteiger partial charge in [-0.2, -0.15) is 0 Å². The Balaban J connectivity index is 2.13. The Hall–Kier alpha value is -2.37. The molecule has 0 bridgehead atoms. The van der Waals surface area contributed by atoms with E-state index in [9.17, 15) is 4.79 Å². The van der Waals surface area contributed by atoms with E-state index in [1.165, 1.54) is 11.8 Å². The van der Waals surface area contributed by atoms with E-state index in [0.29, 0.717) is 5.75 Å². The normalized spacial score (nSPS) is 11.3. The molecule has 0 aliphatic carbocycles. The monoisotopic (exact) mass is 261 g/mol. The van der Waals surface area contributed by atoms with E-state index < -0.39 is 5.97 Å². The van der Waals surface area contributed by atoms with Gasteiger partial charge in [-0.15, -0.1) is 5.10 Å². The van der Waals surface area contributed by atoms with Gasteiger partial charge in [-0.1, -0.05) is 37.7 Å². The first kappa shape index (κ1) is 13.1. The number of hydrogen-bond donors (Lipinski definition) is 1. The summed E-state index contributed by atoms with van der Waals surface area (Å²) in [4.78, 5) is 17.0. The lowest BCUT2D eigenvalue weighted by atomic mass is 9.87. The summed E-state index contributed by atoms with van der Waals surface area (Å²) in [7, 11) is 0. The topological polar surface area (TPSA) is 77.2 Å². The molecule has 1 heterocycles. The van der Waals surface area contributed by atoms with Gasteiger partial charge >= 0.3 is 5.97 Å². The van der Waals surface area contributed by atoms with Crippen LogP contribution in [0.2, 0.25) is 0 Å². The first-order valence-corrected chi connectivity index (χ1v) is 5.81. The smallest absolute Gasteiger partial charge is 0.358 e. The van der Waals surface area contributed by atoms with Crippen molar-refractivity contribution in [3.8, 4) is 5.75 Å². The van der Waals surface area contributed by atoms with Crippen molar-refractivity contribution in [1.29, 1.82) is 0 Å². The molecule has 1 aromatic heterocycles. The molecule has 0 fully saturated rings. The number of benzene rings is 1. The maximum Gasteiger partial charge on any atom is 0.358 e.